The molecule has 2 aliphatic heterocycles. The zero-order valence-corrected chi connectivity index (χ0v) is 12.6. The van der Waals surface area contributed by atoms with Gasteiger partial charge in [0.1, 0.15) is 0 Å². The third kappa shape index (κ3) is 3.40. The molecule has 0 amide bonds. The van der Waals surface area contributed by atoms with E-state index in [9.17, 15) is 0 Å². The zero-order valence-electron chi connectivity index (χ0n) is 12.6. The van der Waals surface area contributed by atoms with Crippen molar-refractivity contribution in [3.8, 4) is 0 Å². The summed E-state index contributed by atoms with van der Waals surface area (Å²) in [6.45, 7) is 6.13. The number of nitrogens with one attached hydrogen (secondary N) is 1. The summed E-state index contributed by atoms with van der Waals surface area (Å²) in [6.07, 6.45) is 4.03. The SMILES string of the molecule is CNC1CCCN(C2CCN(Cc3ccccc3)C2)C1. The highest BCUT2D eigenvalue weighted by molar-refractivity contribution is 5.14. The van der Waals surface area contributed by atoms with E-state index in [1.54, 1.807) is 0 Å². The monoisotopic (exact) mass is 273 g/mol. The first-order chi connectivity index (χ1) is 9.85. The van der Waals surface area contributed by atoms with Crippen LogP contribution in [0.1, 0.15) is 24.8 Å². The van der Waals surface area contributed by atoms with Crippen LogP contribution in [0.2, 0.25) is 0 Å². The van der Waals surface area contributed by atoms with Gasteiger partial charge in [-0.2, -0.15) is 0 Å². The Bertz CT molecular complexity index is 406. The van der Waals surface area contributed by atoms with Gasteiger partial charge in [-0.3, -0.25) is 9.80 Å². The Morgan fingerprint density at radius 3 is 2.75 bits per heavy atom. The summed E-state index contributed by atoms with van der Waals surface area (Å²) >= 11 is 0. The molecule has 0 saturated carbocycles. The molecule has 3 rings (SSSR count). The highest BCUT2D eigenvalue weighted by atomic mass is 15.3. The van der Waals surface area contributed by atoms with E-state index in [1.165, 1.54) is 51.0 Å². The van der Waals surface area contributed by atoms with Crippen LogP contribution in [0.15, 0.2) is 30.3 Å². The van der Waals surface area contributed by atoms with Crippen LogP contribution in [0, 0.1) is 0 Å². The average Bonchev–Trinajstić information content (AvgIpc) is 2.97. The van der Waals surface area contributed by atoms with E-state index in [1.807, 2.05) is 0 Å². The molecule has 3 heteroatoms. The van der Waals surface area contributed by atoms with Gasteiger partial charge in [0, 0.05) is 38.3 Å². The molecule has 2 fully saturated rings. The number of piperidine rings is 1. The molecule has 20 heavy (non-hydrogen) atoms. The van der Waals surface area contributed by atoms with Gasteiger partial charge in [-0.15, -0.1) is 0 Å². The third-order valence-corrected chi connectivity index (χ3v) is 4.87. The van der Waals surface area contributed by atoms with Crippen molar-refractivity contribution in [2.24, 2.45) is 0 Å². The molecule has 2 atom stereocenters. The maximum Gasteiger partial charge on any atom is 0.0236 e. The Balaban J connectivity index is 1.51. The van der Waals surface area contributed by atoms with E-state index in [4.69, 9.17) is 0 Å². The summed E-state index contributed by atoms with van der Waals surface area (Å²) in [4.78, 5) is 5.33. The minimum absolute atomic E-state index is 0.701. The fraction of sp³-hybridized carbons (Fsp3) is 0.647. The molecule has 2 heterocycles. The fourth-order valence-corrected chi connectivity index (χ4v) is 3.67. The summed E-state index contributed by atoms with van der Waals surface area (Å²) < 4.78 is 0. The molecule has 0 radical (unpaired) electrons. The van der Waals surface area contributed by atoms with Crippen molar-refractivity contribution < 1.29 is 0 Å². The molecule has 2 aliphatic rings. The van der Waals surface area contributed by atoms with E-state index >= 15 is 0 Å². The number of hydrogen-bond donors (Lipinski definition) is 1. The highest BCUT2D eigenvalue weighted by Crippen LogP contribution is 2.21. The van der Waals surface area contributed by atoms with Crippen molar-refractivity contribution >= 4 is 0 Å². The maximum absolute atomic E-state index is 3.45. The lowest BCUT2D eigenvalue weighted by atomic mass is 10.0. The lowest BCUT2D eigenvalue weighted by molar-refractivity contribution is 0.139. The summed E-state index contributed by atoms with van der Waals surface area (Å²) in [6, 6.07) is 12.3. The van der Waals surface area contributed by atoms with Gasteiger partial charge in [-0.05, 0) is 38.4 Å². The molecule has 2 saturated heterocycles. The first-order valence-corrected chi connectivity index (χ1v) is 8.03. The van der Waals surface area contributed by atoms with Gasteiger partial charge in [0.05, 0.1) is 0 Å². The van der Waals surface area contributed by atoms with Crippen LogP contribution in [-0.4, -0.2) is 55.1 Å². The van der Waals surface area contributed by atoms with Crippen LogP contribution >= 0.6 is 0 Å². The topological polar surface area (TPSA) is 18.5 Å². The van der Waals surface area contributed by atoms with Crippen LogP contribution < -0.4 is 5.32 Å². The standard InChI is InChI=1S/C17H27N3/c1-18-16-8-5-10-20(13-16)17-9-11-19(14-17)12-15-6-3-2-4-7-15/h2-4,6-7,16-18H,5,8-14H2,1H3. The van der Waals surface area contributed by atoms with Crippen LogP contribution in [0.5, 0.6) is 0 Å². The molecule has 1 aromatic rings. The molecular weight excluding hydrogens is 246 g/mol. The molecule has 1 N–H and O–H groups in total. The number of rotatable bonds is 4. The summed E-state index contributed by atoms with van der Waals surface area (Å²) in [5.41, 5.74) is 1.44. The Morgan fingerprint density at radius 1 is 1.10 bits per heavy atom. The third-order valence-electron chi connectivity index (χ3n) is 4.87. The quantitative estimate of drug-likeness (QED) is 0.904. The van der Waals surface area contributed by atoms with E-state index in [0.717, 1.165) is 12.6 Å². The largest absolute Gasteiger partial charge is 0.316 e. The Morgan fingerprint density at radius 2 is 1.95 bits per heavy atom. The fourth-order valence-electron chi connectivity index (χ4n) is 3.67. The van der Waals surface area contributed by atoms with Crippen LogP contribution in [0.4, 0.5) is 0 Å². The maximum atomic E-state index is 3.45. The smallest absolute Gasteiger partial charge is 0.0236 e. The minimum atomic E-state index is 0.701. The highest BCUT2D eigenvalue weighted by Gasteiger charge is 2.30. The molecule has 0 bridgehead atoms. The summed E-state index contributed by atoms with van der Waals surface area (Å²) in [5.74, 6) is 0. The molecule has 110 valence electrons. The van der Waals surface area contributed by atoms with Crippen molar-refractivity contribution in [3.63, 3.8) is 0 Å². The summed E-state index contributed by atoms with van der Waals surface area (Å²) in [7, 11) is 2.10. The first-order valence-electron chi connectivity index (χ1n) is 8.03. The van der Waals surface area contributed by atoms with E-state index in [0.29, 0.717) is 6.04 Å². The molecule has 2 unspecified atom stereocenters. The second-order valence-corrected chi connectivity index (χ2v) is 6.29. The molecule has 3 nitrogen and oxygen atoms in total. The molecule has 1 aromatic carbocycles. The second kappa shape index (κ2) is 6.70. The number of likely N-dealkylation sites (N-methyl/N-ethyl adjacent to an activating group) is 1. The number of hydrogen-bond acceptors (Lipinski definition) is 3. The Labute approximate surface area is 123 Å². The number of likely N-dealkylation sites (tertiary alicyclic amines) is 2. The number of nitrogens with zero attached hydrogens (tertiary/aromatic N) is 2. The molecule has 0 spiro atoms. The van der Waals surface area contributed by atoms with Gasteiger partial charge >= 0.3 is 0 Å². The van der Waals surface area contributed by atoms with Gasteiger partial charge in [0.15, 0.2) is 0 Å². The van der Waals surface area contributed by atoms with Crippen LogP contribution in [0.3, 0.4) is 0 Å². The van der Waals surface area contributed by atoms with Crippen molar-refractivity contribution in [2.75, 3.05) is 33.2 Å². The average molecular weight is 273 g/mol. The summed E-state index contributed by atoms with van der Waals surface area (Å²) in [5, 5.41) is 3.45. The lowest BCUT2D eigenvalue weighted by Gasteiger charge is -2.36. The van der Waals surface area contributed by atoms with Gasteiger partial charge in [0.25, 0.3) is 0 Å². The predicted molar refractivity (Wildman–Crippen MR) is 83.8 cm³/mol. The molecule has 0 aliphatic carbocycles. The van der Waals surface area contributed by atoms with E-state index in [-0.39, 0.29) is 0 Å². The number of benzene rings is 1. The van der Waals surface area contributed by atoms with Crippen molar-refractivity contribution in [1.29, 1.82) is 0 Å². The Hall–Kier alpha value is -0.900. The normalized spacial score (nSPS) is 28.9. The zero-order chi connectivity index (χ0) is 13.8. The molecular formula is C17H27N3. The molecule has 0 aromatic heterocycles. The van der Waals surface area contributed by atoms with E-state index < -0.39 is 0 Å². The minimum Gasteiger partial charge on any atom is -0.316 e. The van der Waals surface area contributed by atoms with Crippen LogP contribution in [-0.2, 0) is 6.54 Å². The van der Waals surface area contributed by atoms with Gasteiger partial charge in [0.2, 0.25) is 0 Å². The van der Waals surface area contributed by atoms with Gasteiger partial charge in [-0.25, -0.2) is 0 Å². The van der Waals surface area contributed by atoms with Gasteiger partial charge in [-0.1, -0.05) is 30.3 Å². The Kier molecular flexibility index (Phi) is 4.71. The lowest BCUT2D eigenvalue weighted by Crippen LogP contribution is -2.49. The van der Waals surface area contributed by atoms with E-state index in [2.05, 4.69) is 52.5 Å². The van der Waals surface area contributed by atoms with Gasteiger partial charge < -0.3 is 5.32 Å². The van der Waals surface area contributed by atoms with Crippen molar-refractivity contribution in [2.45, 2.75) is 37.9 Å². The second-order valence-electron chi connectivity index (χ2n) is 6.29. The van der Waals surface area contributed by atoms with Crippen molar-refractivity contribution in [3.05, 3.63) is 35.9 Å². The van der Waals surface area contributed by atoms with Crippen LogP contribution in [0.25, 0.3) is 0 Å². The predicted octanol–water partition coefficient (Wildman–Crippen LogP) is 1.94. The first kappa shape index (κ1) is 14.1. The van der Waals surface area contributed by atoms with Crippen molar-refractivity contribution in [1.82, 2.24) is 15.1 Å².